The highest BCUT2D eigenvalue weighted by Gasteiger charge is 2.24. The molecular weight excluding hydrogens is 439 g/mol. The van der Waals surface area contributed by atoms with Gasteiger partial charge in [0.2, 0.25) is 5.91 Å². The summed E-state index contributed by atoms with van der Waals surface area (Å²) >= 11 is 13.4. The third-order valence-corrected chi connectivity index (χ3v) is 6.49. The molecule has 156 valence electrons. The first kappa shape index (κ1) is 21.2. The summed E-state index contributed by atoms with van der Waals surface area (Å²) in [5, 5.41) is 13.5. The van der Waals surface area contributed by atoms with Gasteiger partial charge in [0, 0.05) is 27.3 Å². The summed E-state index contributed by atoms with van der Waals surface area (Å²) < 4.78 is 2.22. The van der Waals surface area contributed by atoms with E-state index in [-0.39, 0.29) is 11.7 Å². The topological polar surface area (TPSA) is 59.8 Å². The fourth-order valence-corrected chi connectivity index (χ4v) is 5.11. The Hall–Kier alpha value is -2.02. The number of nitrogens with one attached hydrogen (secondary N) is 1. The quantitative estimate of drug-likeness (QED) is 0.427. The third kappa shape index (κ3) is 5.17. The van der Waals surface area contributed by atoms with Gasteiger partial charge in [0.25, 0.3) is 0 Å². The minimum atomic E-state index is -0.141. The molecule has 0 radical (unpaired) electrons. The monoisotopic (exact) mass is 460 g/mol. The lowest BCUT2D eigenvalue weighted by Crippen LogP contribution is -2.17. The van der Waals surface area contributed by atoms with Crippen molar-refractivity contribution in [3.05, 3.63) is 58.6 Å². The van der Waals surface area contributed by atoms with Crippen LogP contribution in [-0.4, -0.2) is 26.4 Å². The van der Waals surface area contributed by atoms with E-state index in [1.165, 1.54) is 31.0 Å². The largest absolute Gasteiger partial charge is 0.325 e. The molecule has 0 bridgehead atoms. The van der Waals surface area contributed by atoms with E-state index in [0.717, 1.165) is 29.4 Å². The van der Waals surface area contributed by atoms with Crippen molar-refractivity contribution >= 4 is 46.6 Å². The molecule has 1 N–H and O–H groups in total. The van der Waals surface area contributed by atoms with Gasteiger partial charge in [0.1, 0.15) is 0 Å². The number of hydrogen-bond donors (Lipinski definition) is 1. The number of amides is 1. The molecule has 1 amide bonds. The molecule has 1 aliphatic carbocycles. The molecule has 4 rings (SSSR count). The number of hydrogen-bond acceptors (Lipinski definition) is 4. The fraction of sp³-hybridized carbons (Fsp3) is 0.318. The highest BCUT2D eigenvalue weighted by Crippen LogP contribution is 2.35. The highest BCUT2D eigenvalue weighted by atomic mass is 35.5. The Labute approximate surface area is 190 Å². The van der Waals surface area contributed by atoms with Gasteiger partial charge >= 0.3 is 0 Å². The van der Waals surface area contributed by atoms with Crippen molar-refractivity contribution in [1.29, 1.82) is 0 Å². The maximum Gasteiger partial charge on any atom is 0.234 e. The van der Waals surface area contributed by atoms with E-state index < -0.39 is 0 Å². The second-order valence-electron chi connectivity index (χ2n) is 7.33. The van der Waals surface area contributed by atoms with Crippen molar-refractivity contribution < 1.29 is 4.79 Å². The average molecular weight is 461 g/mol. The number of benzene rings is 2. The number of thioether (sulfide) groups is 1. The van der Waals surface area contributed by atoms with Gasteiger partial charge in [-0.1, -0.05) is 84.6 Å². The molecule has 0 unspecified atom stereocenters. The number of nitrogens with zero attached hydrogens (tertiary/aromatic N) is 3. The summed E-state index contributed by atoms with van der Waals surface area (Å²) in [5.74, 6) is 0.953. The molecule has 1 saturated carbocycles. The van der Waals surface area contributed by atoms with Crippen molar-refractivity contribution in [1.82, 2.24) is 14.8 Å². The van der Waals surface area contributed by atoms with E-state index in [1.54, 1.807) is 18.2 Å². The van der Waals surface area contributed by atoms with Crippen molar-refractivity contribution in [2.75, 3.05) is 11.1 Å². The van der Waals surface area contributed by atoms with E-state index in [2.05, 4.69) is 20.1 Å². The molecule has 0 atom stereocenters. The number of carbonyl (C=O) groups is 1. The SMILES string of the molecule is O=C(CSc1nnc(-c2ccccc2)n1C1CCCCC1)Nc1cc(Cl)cc(Cl)c1. The fourth-order valence-electron chi connectivity index (χ4n) is 3.78. The zero-order chi connectivity index (χ0) is 20.9. The lowest BCUT2D eigenvalue weighted by atomic mass is 9.95. The van der Waals surface area contributed by atoms with Crippen LogP contribution < -0.4 is 5.32 Å². The first-order valence-electron chi connectivity index (χ1n) is 9.99. The van der Waals surface area contributed by atoms with E-state index in [9.17, 15) is 4.79 Å². The molecule has 3 aromatic rings. The highest BCUT2D eigenvalue weighted by molar-refractivity contribution is 7.99. The zero-order valence-corrected chi connectivity index (χ0v) is 18.7. The van der Waals surface area contributed by atoms with Gasteiger partial charge in [-0.2, -0.15) is 0 Å². The van der Waals surface area contributed by atoms with Crippen LogP contribution in [0, 0.1) is 0 Å². The standard InChI is InChI=1S/C22H22Cl2N4OS/c23-16-11-17(24)13-18(12-16)25-20(29)14-30-22-27-26-21(15-7-3-1-4-8-15)28(22)19-9-5-2-6-10-19/h1,3-4,7-8,11-13,19H,2,5-6,9-10,14H2,(H,25,29). The average Bonchev–Trinajstić information content (AvgIpc) is 3.17. The second-order valence-corrected chi connectivity index (χ2v) is 9.14. The Bertz CT molecular complexity index is 999. The molecule has 1 aliphatic rings. The molecule has 5 nitrogen and oxygen atoms in total. The van der Waals surface area contributed by atoms with E-state index in [4.69, 9.17) is 23.2 Å². The molecule has 1 heterocycles. The Morgan fingerprint density at radius 2 is 1.73 bits per heavy atom. The first-order chi connectivity index (χ1) is 14.6. The van der Waals surface area contributed by atoms with Crippen molar-refractivity contribution in [3.8, 4) is 11.4 Å². The lowest BCUT2D eigenvalue weighted by Gasteiger charge is -2.25. The summed E-state index contributed by atoms with van der Waals surface area (Å²) in [6, 6.07) is 15.4. The van der Waals surface area contributed by atoms with Crippen LogP contribution in [0.15, 0.2) is 53.7 Å². The minimum absolute atomic E-state index is 0.141. The maximum absolute atomic E-state index is 12.5. The van der Waals surface area contributed by atoms with Crippen molar-refractivity contribution in [2.24, 2.45) is 0 Å². The smallest absolute Gasteiger partial charge is 0.234 e. The lowest BCUT2D eigenvalue weighted by molar-refractivity contribution is -0.113. The van der Waals surface area contributed by atoms with Crippen molar-refractivity contribution in [3.63, 3.8) is 0 Å². The van der Waals surface area contributed by atoms with Crippen LogP contribution in [-0.2, 0) is 4.79 Å². The molecule has 2 aromatic carbocycles. The van der Waals surface area contributed by atoms with E-state index >= 15 is 0 Å². The van der Waals surface area contributed by atoms with Gasteiger partial charge in [-0.15, -0.1) is 10.2 Å². The molecule has 0 saturated heterocycles. The maximum atomic E-state index is 12.5. The van der Waals surface area contributed by atoms with Gasteiger partial charge in [0.05, 0.1) is 5.75 Å². The second kappa shape index (κ2) is 9.86. The molecular formula is C22H22Cl2N4OS. The summed E-state index contributed by atoms with van der Waals surface area (Å²) in [4.78, 5) is 12.5. The third-order valence-electron chi connectivity index (χ3n) is 5.12. The number of anilines is 1. The number of carbonyl (C=O) groups excluding carboxylic acids is 1. The van der Waals surface area contributed by atoms with Gasteiger partial charge in [-0.05, 0) is 31.0 Å². The first-order valence-corrected chi connectivity index (χ1v) is 11.7. The summed E-state index contributed by atoms with van der Waals surface area (Å²) in [7, 11) is 0. The summed E-state index contributed by atoms with van der Waals surface area (Å²) in [6.45, 7) is 0. The van der Waals surface area contributed by atoms with Gasteiger partial charge in [0.15, 0.2) is 11.0 Å². The Balaban J connectivity index is 1.52. The minimum Gasteiger partial charge on any atom is -0.325 e. The zero-order valence-electron chi connectivity index (χ0n) is 16.4. The van der Waals surface area contributed by atoms with E-state index in [1.807, 2.05) is 30.3 Å². The van der Waals surface area contributed by atoms with Crippen molar-refractivity contribution in [2.45, 2.75) is 43.3 Å². The Morgan fingerprint density at radius 1 is 1.03 bits per heavy atom. The van der Waals surface area contributed by atoms with Crippen LogP contribution in [0.4, 0.5) is 5.69 Å². The molecule has 0 aliphatic heterocycles. The van der Waals surface area contributed by atoms with Gasteiger partial charge in [-0.3, -0.25) is 9.36 Å². The predicted octanol–water partition coefficient (Wildman–Crippen LogP) is 6.49. The molecule has 8 heteroatoms. The van der Waals surface area contributed by atoms with E-state index in [0.29, 0.717) is 21.8 Å². The van der Waals surface area contributed by atoms with Crippen LogP contribution in [0.1, 0.15) is 38.1 Å². The van der Waals surface area contributed by atoms with Crippen LogP contribution in [0.2, 0.25) is 10.0 Å². The van der Waals surface area contributed by atoms with Gasteiger partial charge < -0.3 is 5.32 Å². The number of aromatic nitrogens is 3. The molecule has 1 fully saturated rings. The Kier molecular flexibility index (Phi) is 6.97. The van der Waals surface area contributed by atoms with Crippen LogP contribution in [0.5, 0.6) is 0 Å². The van der Waals surface area contributed by atoms with Gasteiger partial charge in [-0.25, -0.2) is 0 Å². The predicted molar refractivity (Wildman–Crippen MR) is 123 cm³/mol. The normalized spacial score (nSPS) is 14.6. The van der Waals surface area contributed by atoms with Crippen LogP contribution >= 0.6 is 35.0 Å². The number of rotatable bonds is 6. The van der Waals surface area contributed by atoms with Crippen LogP contribution in [0.3, 0.4) is 0 Å². The number of halogens is 2. The molecule has 1 aromatic heterocycles. The summed E-state index contributed by atoms with van der Waals surface area (Å²) in [6.07, 6.45) is 5.90. The van der Waals surface area contributed by atoms with Crippen LogP contribution in [0.25, 0.3) is 11.4 Å². The molecule has 0 spiro atoms. The molecule has 30 heavy (non-hydrogen) atoms. The Morgan fingerprint density at radius 3 is 2.43 bits per heavy atom. The summed E-state index contributed by atoms with van der Waals surface area (Å²) in [5.41, 5.74) is 1.62.